The van der Waals surface area contributed by atoms with Crippen molar-refractivity contribution >= 4 is 22.8 Å². The van der Waals surface area contributed by atoms with Crippen LogP contribution in [-0.2, 0) is 4.84 Å². The average Bonchev–Trinajstić information content (AvgIpc) is 3.18. The second-order valence-electron chi connectivity index (χ2n) is 6.01. The van der Waals surface area contributed by atoms with Gasteiger partial charge in [0, 0.05) is 11.8 Å². The first kappa shape index (κ1) is 15.3. The second kappa shape index (κ2) is 6.01. The fourth-order valence-corrected chi connectivity index (χ4v) is 2.79. The molecule has 0 radical (unpaired) electrons. The summed E-state index contributed by atoms with van der Waals surface area (Å²) in [6.07, 6.45) is 0.558. The van der Waals surface area contributed by atoms with Gasteiger partial charge in [0.2, 0.25) is 0 Å². The molecule has 25 heavy (non-hydrogen) atoms. The van der Waals surface area contributed by atoms with Crippen molar-refractivity contribution in [2.45, 2.75) is 26.4 Å². The van der Waals surface area contributed by atoms with Crippen LogP contribution in [0.4, 0.5) is 0 Å². The maximum absolute atomic E-state index is 12.5. The molecule has 0 saturated heterocycles. The largest absolute Gasteiger partial charge is 0.391 e. The molecule has 7 heteroatoms. The number of pyridine rings is 1. The van der Waals surface area contributed by atoms with E-state index < -0.39 is 0 Å². The second-order valence-corrected chi connectivity index (χ2v) is 6.01. The minimum absolute atomic E-state index is 0.0205. The number of benzene rings is 1. The summed E-state index contributed by atoms with van der Waals surface area (Å²) in [6.45, 7) is 3.82. The highest BCUT2D eigenvalue weighted by Gasteiger charge is 2.20. The third-order valence-corrected chi connectivity index (χ3v) is 4.03. The first-order valence-corrected chi connectivity index (χ1v) is 8.07. The first-order valence-electron chi connectivity index (χ1n) is 8.07. The fraction of sp³-hybridized carbons (Fsp3) is 0.222. The zero-order valence-corrected chi connectivity index (χ0v) is 13.9. The van der Waals surface area contributed by atoms with E-state index in [1.807, 2.05) is 50.2 Å². The zero-order valence-electron chi connectivity index (χ0n) is 13.9. The summed E-state index contributed by atoms with van der Waals surface area (Å²) in [5.74, 6) is 0.212. The van der Waals surface area contributed by atoms with E-state index in [4.69, 9.17) is 4.84 Å². The molecule has 1 amide bonds. The first-order chi connectivity index (χ1) is 12.1. The number of rotatable bonds is 2. The number of hydrogen-bond donors (Lipinski definition) is 1. The molecule has 4 rings (SSSR count). The quantitative estimate of drug-likeness (QED) is 0.780. The van der Waals surface area contributed by atoms with Crippen molar-refractivity contribution in [3.05, 3.63) is 53.9 Å². The predicted molar refractivity (Wildman–Crippen MR) is 93.7 cm³/mol. The lowest BCUT2D eigenvalue weighted by Crippen LogP contribution is -2.30. The Morgan fingerprint density at radius 1 is 1.24 bits per heavy atom. The normalized spacial score (nSPS) is 16.6. The molecule has 1 N–H and O–H groups in total. The maximum Gasteiger partial charge on any atom is 0.275 e. The Balaban J connectivity index is 1.71. The molecule has 1 aromatic carbocycles. The van der Waals surface area contributed by atoms with Crippen LogP contribution in [0.2, 0.25) is 0 Å². The van der Waals surface area contributed by atoms with Gasteiger partial charge in [-0.3, -0.25) is 4.79 Å². The molecule has 7 nitrogen and oxygen atoms in total. The molecule has 3 aromatic rings. The van der Waals surface area contributed by atoms with Crippen LogP contribution in [0.5, 0.6) is 0 Å². The Morgan fingerprint density at radius 2 is 2.04 bits per heavy atom. The summed E-state index contributed by atoms with van der Waals surface area (Å²) < 4.78 is 1.75. The number of carbonyl (C=O) groups is 1. The van der Waals surface area contributed by atoms with Crippen molar-refractivity contribution in [3.8, 4) is 5.69 Å². The molecular formula is C18H17N5O2. The van der Waals surface area contributed by atoms with Gasteiger partial charge in [-0.2, -0.15) is 5.10 Å². The zero-order chi connectivity index (χ0) is 17.4. The topological polar surface area (TPSA) is 81.4 Å². The third kappa shape index (κ3) is 2.84. The number of oxime groups is 1. The van der Waals surface area contributed by atoms with Crippen molar-refractivity contribution in [1.29, 1.82) is 0 Å². The Kier molecular flexibility index (Phi) is 3.68. The van der Waals surface area contributed by atoms with Crippen LogP contribution in [0.3, 0.4) is 0 Å². The highest BCUT2D eigenvalue weighted by Crippen LogP contribution is 2.20. The van der Waals surface area contributed by atoms with Gasteiger partial charge in [0.15, 0.2) is 11.5 Å². The van der Waals surface area contributed by atoms with Gasteiger partial charge in [-0.15, -0.1) is 0 Å². The number of aromatic nitrogens is 3. The van der Waals surface area contributed by atoms with Crippen LogP contribution in [0.1, 0.15) is 29.5 Å². The molecule has 0 aliphatic carbocycles. The number of amidine groups is 1. The van der Waals surface area contributed by atoms with Crippen molar-refractivity contribution in [1.82, 2.24) is 20.1 Å². The van der Waals surface area contributed by atoms with Crippen LogP contribution < -0.4 is 5.32 Å². The van der Waals surface area contributed by atoms with Crippen molar-refractivity contribution in [2.24, 2.45) is 5.16 Å². The summed E-state index contributed by atoms with van der Waals surface area (Å²) >= 11 is 0. The van der Waals surface area contributed by atoms with Crippen LogP contribution >= 0.6 is 0 Å². The number of carbonyl (C=O) groups excluding carboxylic acids is 1. The summed E-state index contributed by atoms with van der Waals surface area (Å²) in [5, 5.41) is 12.1. The van der Waals surface area contributed by atoms with Crippen LogP contribution in [0, 0.1) is 6.92 Å². The highest BCUT2D eigenvalue weighted by atomic mass is 16.6. The van der Waals surface area contributed by atoms with Gasteiger partial charge in [0.25, 0.3) is 5.91 Å². The molecule has 1 unspecified atom stereocenters. The molecular weight excluding hydrogens is 318 g/mol. The van der Waals surface area contributed by atoms with Gasteiger partial charge < -0.3 is 10.2 Å². The van der Waals surface area contributed by atoms with Gasteiger partial charge in [-0.1, -0.05) is 23.4 Å². The summed E-state index contributed by atoms with van der Waals surface area (Å²) in [4.78, 5) is 22.1. The number of hydrogen-bond acceptors (Lipinski definition) is 5. The molecule has 0 bridgehead atoms. The lowest BCUT2D eigenvalue weighted by molar-refractivity contribution is 0.0963. The van der Waals surface area contributed by atoms with E-state index in [9.17, 15) is 4.79 Å². The van der Waals surface area contributed by atoms with Gasteiger partial charge in [0.1, 0.15) is 11.8 Å². The van der Waals surface area contributed by atoms with Crippen LogP contribution in [-0.4, -0.2) is 32.6 Å². The minimum Gasteiger partial charge on any atom is -0.391 e. The molecule has 126 valence electrons. The predicted octanol–water partition coefficient (Wildman–Crippen LogP) is 2.58. The number of amides is 1. The fourth-order valence-electron chi connectivity index (χ4n) is 2.79. The summed E-state index contributed by atoms with van der Waals surface area (Å²) in [6, 6.07) is 13.3. The number of para-hydroxylation sites is 1. The Hall–Kier alpha value is -3.22. The summed E-state index contributed by atoms with van der Waals surface area (Å²) in [7, 11) is 0. The SMILES string of the molecule is Cc1nn(-c2ccccc2)c2nc(C(=O)NC3=NOC(C)C3)ccc12. The minimum atomic E-state index is -0.309. The lowest BCUT2D eigenvalue weighted by atomic mass is 10.2. The number of nitrogens with zero attached hydrogens (tertiary/aromatic N) is 4. The molecule has 0 spiro atoms. The monoisotopic (exact) mass is 335 g/mol. The Bertz CT molecular complexity index is 978. The maximum atomic E-state index is 12.5. The smallest absolute Gasteiger partial charge is 0.275 e. The lowest BCUT2D eigenvalue weighted by Gasteiger charge is -2.05. The van der Waals surface area contributed by atoms with Crippen molar-refractivity contribution < 1.29 is 9.63 Å². The standard InChI is InChI=1S/C18H17N5O2/c1-11-10-16(22-25-11)20-18(24)15-9-8-14-12(2)21-23(17(14)19-15)13-6-4-3-5-7-13/h3-9,11H,10H2,1-2H3,(H,20,22,24). The van der Waals surface area contributed by atoms with E-state index in [0.717, 1.165) is 16.8 Å². The molecule has 3 heterocycles. The number of nitrogens with one attached hydrogen (secondary N) is 1. The van der Waals surface area contributed by atoms with Crippen LogP contribution in [0.25, 0.3) is 16.7 Å². The molecule has 1 atom stereocenters. The molecule has 1 aliphatic heterocycles. The molecule has 1 aliphatic rings. The third-order valence-electron chi connectivity index (χ3n) is 4.03. The average molecular weight is 335 g/mol. The molecule has 0 fully saturated rings. The van der Waals surface area contributed by atoms with E-state index in [1.165, 1.54) is 0 Å². The highest BCUT2D eigenvalue weighted by molar-refractivity contribution is 6.06. The Labute approximate surface area is 144 Å². The van der Waals surface area contributed by atoms with Gasteiger partial charge in [0.05, 0.1) is 11.4 Å². The molecule has 2 aromatic heterocycles. The number of aryl methyl sites for hydroxylation is 1. The molecule has 0 saturated carbocycles. The van der Waals surface area contributed by atoms with Crippen molar-refractivity contribution in [2.75, 3.05) is 0 Å². The van der Waals surface area contributed by atoms with Gasteiger partial charge in [-0.25, -0.2) is 9.67 Å². The van der Waals surface area contributed by atoms with E-state index >= 15 is 0 Å². The van der Waals surface area contributed by atoms with E-state index in [-0.39, 0.29) is 12.0 Å². The van der Waals surface area contributed by atoms with E-state index in [0.29, 0.717) is 23.6 Å². The van der Waals surface area contributed by atoms with E-state index in [2.05, 4.69) is 20.6 Å². The number of fused-ring (bicyclic) bond motifs is 1. The van der Waals surface area contributed by atoms with Gasteiger partial charge in [-0.05, 0) is 38.1 Å². The van der Waals surface area contributed by atoms with Crippen LogP contribution in [0.15, 0.2) is 47.6 Å². The van der Waals surface area contributed by atoms with Crippen molar-refractivity contribution in [3.63, 3.8) is 0 Å². The Morgan fingerprint density at radius 3 is 2.76 bits per heavy atom. The van der Waals surface area contributed by atoms with Gasteiger partial charge >= 0.3 is 0 Å². The van der Waals surface area contributed by atoms with E-state index in [1.54, 1.807) is 10.7 Å². The summed E-state index contributed by atoms with van der Waals surface area (Å²) in [5.41, 5.74) is 2.72.